The lowest BCUT2D eigenvalue weighted by Gasteiger charge is -2.24. The molecule has 0 amide bonds. The zero-order chi connectivity index (χ0) is 41.5. The van der Waals surface area contributed by atoms with Crippen LogP contribution in [-0.4, -0.2) is 0 Å². The lowest BCUT2D eigenvalue weighted by Crippen LogP contribution is -2.17. The summed E-state index contributed by atoms with van der Waals surface area (Å²) in [6.07, 6.45) is 0. The zero-order valence-electron chi connectivity index (χ0n) is 35.5. The van der Waals surface area contributed by atoms with Gasteiger partial charge in [-0.15, -0.1) is 0 Å². The smallest absolute Gasteiger partial charge is 0.0159 e. The molecule has 0 aromatic heterocycles. The Hall–Kier alpha value is -7.28. The van der Waals surface area contributed by atoms with Gasteiger partial charge in [0.05, 0.1) is 0 Å². The molecule has 62 heavy (non-hydrogen) atoms. The molecular formula is C62H44. The fourth-order valence-electron chi connectivity index (χ4n) is 11.8. The molecule has 0 saturated carbocycles. The quantitative estimate of drug-likeness (QED) is 0.167. The van der Waals surface area contributed by atoms with Gasteiger partial charge in [0.2, 0.25) is 0 Å². The van der Waals surface area contributed by atoms with E-state index in [2.05, 4.69) is 222 Å². The van der Waals surface area contributed by atoms with Gasteiger partial charge in [-0.2, -0.15) is 0 Å². The summed E-state index contributed by atoms with van der Waals surface area (Å²) in [6, 6.07) is 73.5. The Morgan fingerprint density at radius 3 is 1.37 bits per heavy atom. The van der Waals surface area contributed by atoms with Gasteiger partial charge < -0.3 is 0 Å². The molecule has 0 spiro atoms. The standard InChI is InChI=1S/C62H44/c1-61(2)52-28-14-13-23-44(52)50-35-55-51(36-54(50)61)45-30-29-40(34-53(45)62(55,3)4)42-31-41(37-17-7-5-8-18-37)32-43(33-42)58-47-25-12-11-24-46(47)57(39-19-9-6-10-20-39)59-48-26-15-21-38-22-16-27-49(56(38)48)60(58)59/h5-36H,1-4H3. The summed E-state index contributed by atoms with van der Waals surface area (Å²) in [4.78, 5) is 0. The lowest BCUT2D eigenvalue weighted by molar-refractivity contribution is 0.652. The van der Waals surface area contributed by atoms with Gasteiger partial charge >= 0.3 is 0 Å². The molecule has 0 aliphatic heterocycles. The van der Waals surface area contributed by atoms with Gasteiger partial charge in [-0.3, -0.25) is 0 Å². The maximum atomic E-state index is 2.52. The molecule has 10 aromatic rings. The van der Waals surface area contributed by atoms with Gasteiger partial charge in [-0.05, 0) is 169 Å². The molecule has 0 bridgehead atoms. The van der Waals surface area contributed by atoms with E-state index in [0.29, 0.717) is 0 Å². The van der Waals surface area contributed by atoms with Crippen LogP contribution in [0.3, 0.4) is 0 Å². The third-order valence-corrected chi connectivity index (χ3v) is 14.8. The van der Waals surface area contributed by atoms with Gasteiger partial charge in [-0.1, -0.05) is 185 Å². The van der Waals surface area contributed by atoms with Crippen LogP contribution in [0.4, 0.5) is 0 Å². The SMILES string of the molecule is CC1(C)c2ccccc2-c2cc3c(cc21)-c1ccc(-c2cc(-c4ccccc4)cc(-c4c5c(c(-c6ccccc6)c6ccccc46)-c4cccc6cccc-5c46)c2)cc1C3(C)C. The molecular weight excluding hydrogens is 745 g/mol. The average Bonchev–Trinajstić information content (AvgIpc) is 3.85. The van der Waals surface area contributed by atoms with Crippen LogP contribution in [0.15, 0.2) is 194 Å². The van der Waals surface area contributed by atoms with Gasteiger partial charge in [-0.25, -0.2) is 0 Å². The van der Waals surface area contributed by atoms with Gasteiger partial charge in [0.25, 0.3) is 0 Å². The van der Waals surface area contributed by atoms with Crippen molar-refractivity contribution in [2.75, 3.05) is 0 Å². The molecule has 10 aromatic carbocycles. The Kier molecular flexibility index (Phi) is 7.23. The van der Waals surface area contributed by atoms with E-state index in [0.717, 1.165) is 0 Å². The minimum absolute atomic E-state index is 0.0430. The van der Waals surface area contributed by atoms with Crippen molar-refractivity contribution in [1.82, 2.24) is 0 Å². The molecule has 0 fully saturated rings. The van der Waals surface area contributed by atoms with Crippen molar-refractivity contribution in [1.29, 1.82) is 0 Å². The topological polar surface area (TPSA) is 0 Å². The van der Waals surface area contributed by atoms with Crippen LogP contribution in [0.5, 0.6) is 0 Å². The van der Waals surface area contributed by atoms with Gasteiger partial charge in [0, 0.05) is 10.8 Å². The minimum atomic E-state index is -0.161. The van der Waals surface area contributed by atoms with Crippen LogP contribution in [0.2, 0.25) is 0 Å². The first-order valence-electron chi connectivity index (χ1n) is 22.1. The van der Waals surface area contributed by atoms with Crippen molar-refractivity contribution in [3.63, 3.8) is 0 Å². The van der Waals surface area contributed by atoms with Crippen LogP contribution < -0.4 is 0 Å². The zero-order valence-corrected chi connectivity index (χ0v) is 35.5. The largest absolute Gasteiger partial charge is 0.0622 e. The van der Waals surface area contributed by atoms with Crippen LogP contribution in [0, 0.1) is 0 Å². The summed E-state index contributed by atoms with van der Waals surface area (Å²) in [7, 11) is 0. The van der Waals surface area contributed by atoms with E-state index < -0.39 is 0 Å². The van der Waals surface area contributed by atoms with Crippen molar-refractivity contribution >= 4 is 21.5 Å². The molecule has 0 nitrogen and oxygen atoms in total. The number of hydrogen-bond donors (Lipinski definition) is 0. The van der Waals surface area contributed by atoms with Crippen molar-refractivity contribution < 1.29 is 0 Å². The van der Waals surface area contributed by atoms with E-state index in [4.69, 9.17) is 0 Å². The van der Waals surface area contributed by atoms with Gasteiger partial charge in [0.1, 0.15) is 0 Å². The third kappa shape index (κ3) is 4.78. The molecule has 3 aliphatic rings. The Bertz CT molecular complexity index is 3540. The highest BCUT2D eigenvalue weighted by Crippen LogP contribution is 2.59. The monoisotopic (exact) mass is 788 g/mol. The summed E-state index contributed by atoms with van der Waals surface area (Å²) in [6.45, 7) is 9.62. The van der Waals surface area contributed by atoms with Crippen LogP contribution in [0.1, 0.15) is 49.9 Å². The molecule has 0 radical (unpaired) electrons. The normalized spacial score (nSPS) is 14.4. The summed E-state index contributed by atoms with van der Waals surface area (Å²) in [5.41, 5.74) is 26.3. The first-order chi connectivity index (χ1) is 30.3. The molecule has 0 unspecified atom stereocenters. The minimum Gasteiger partial charge on any atom is -0.0622 e. The molecule has 0 atom stereocenters. The van der Waals surface area contributed by atoms with E-state index in [1.54, 1.807) is 0 Å². The Morgan fingerprint density at radius 2 is 0.726 bits per heavy atom. The Morgan fingerprint density at radius 1 is 0.258 bits per heavy atom. The molecule has 13 rings (SSSR count). The predicted molar refractivity (Wildman–Crippen MR) is 263 cm³/mol. The highest BCUT2D eigenvalue weighted by molar-refractivity contribution is 6.27. The first-order valence-corrected chi connectivity index (χ1v) is 22.1. The average molecular weight is 789 g/mol. The fourth-order valence-corrected chi connectivity index (χ4v) is 11.8. The van der Waals surface area contributed by atoms with Crippen molar-refractivity contribution in [2.24, 2.45) is 0 Å². The lowest BCUT2D eigenvalue weighted by atomic mass is 9.79. The van der Waals surface area contributed by atoms with E-state index >= 15 is 0 Å². The summed E-state index contributed by atoms with van der Waals surface area (Å²) < 4.78 is 0. The number of hydrogen-bond acceptors (Lipinski definition) is 0. The second-order valence-electron chi connectivity index (χ2n) is 18.8. The first kappa shape index (κ1) is 35.5. The second-order valence-corrected chi connectivity index (χ2v) is 18.8. The molecule has 292 valence electrons. The molecule has 0 heterocycles. The number of benzene rings is 10. The maximum Gasteiger partial charge on any atom is 0.0159 e. The predicted octanol–water partition coefficient (Wildman–Crippen LogP) is 16.9. The van der Waals surface area contributed by atoms with Gasteiger partial charge in [0.15, 0.2) is 0 Å². The number of fused-ring (bicyclic) bond motifs is 10. The van der Waals surface area contributed by atoms with E-state index in [1.807, 2.05) is 0 Å². The van der Waals surface area contributed by atoms with E-state index in [9.17, 15) is 0 Å². The molecule has 0 saturated heterocycles. The third-order valence-electron chi connectivity index (χ3n) is 14.8. The summed E-state index contributed by atoms with van der Waals surface area (Å²) in [5.74, 6) is 0. The van der Waals surface area contributed by atoms with Crippen LogP contribution in [-0.2, 0) is 10.8 Å². The second kappa shape index (κ2) is 12.6. The maximum absolute atomic E-state index is 2.52. The van der Waals surface area contributed by atoms with Crippen molar-refractivity contribution in [3.05, 3.63) is 216 Å². The number of rotatable bonds is 4. The fraction of sp³-hybridized carbons (Fsp3) is 0.0968. The van der Waals surface area contributed by atoms with Crippen LogP contribution >= 0.6 is 0 Å². The van der Waals surface area contributed by atoms with Crippen molar-refractivity contribution in [2.45, 2.75) is 38.5 Å². The molecule has 0 heteroatoms. The summed E-state index contributed by atoms with van der Waals surface area (Å²) in [5, 5.41) is 5.17. The highest BCUT2D eigenvalue weighted by Gasteiger charge is 2.42. The summed E-state index contributed by atoms with van der Waals surface area (Å²) >= 11 is 0. The Labute approximate surface area is 363 Å². The van der Waals surface area contributed by atoms with Crippen molar-refractivity contribution in [3.8, 4) is 89.0 Å². The Balaban J connectivity index is 1.06. The molecule has 3 aliphatic carbocycles. The van der Waals surface area contributed by atoms with E-state index in [1.165, 1.54) is 133 Å². The highest BCUT2D eigenvalue weighted by atomic mass is 14.4. The van der Waals surface area contributed by atoms with Crippen LogP contribution in [0.25, 0.3) is 111 Å². The van der Waals surface area contributed by atoms with E-state index in [-0.39, 0.29) is 10.8 Å². The molecule has 0 N–H and O–H groups in total.